The number of aliphatic hydroxyl groups is 1. The highest BCUT2D eigenvalue weighted by Gasteiger charge is 2.42. The minimum Gasteiger partial charge on any atom is -0.369 e. The summed E-state index contributed by atoms with van der Waals surface area (Å²) in [4.78, 5) is 16.9. The molecule has 2 unspecified atom stereocenters. The lowest BCUT2D eigenvalue weighted by Crippen LogP contribution is -2.54. The maximum absolute atomic E-state index is 13.5. The van der Waals surface area contributed by atoms with Crippen LogP contribution in [0, 0.1) is 5.82 Å². The van der Waals surface area contributed by atoms with Gasteiger partial charge >= 0.3 is 0 Å². The Morgan fingerprint density at radius 2 is 1.97 bits per heavy atom. The quantitative estimate of drug-likeness (QED) is 0.632. The fourth-order valence-corrected chi connectivity index (χ4v) is 4.43. The number of benzene rings is 2. The van der Waals surface area contributed by atoms with E-state index < -0.39 is 6.23 Å². The van der Waals surface area contributed by atoms with Gasteiger partial charge in [-0.05, 0) is 31.2 Å². The van der Waals surface area contributed by atoms with E-state index in [1.54, 1.807) is 18.2 Å². The second-order valence-corrected chi connectivity index (χ2v) is 7.53. The molecule has 0 spiro atoms. The van der Waals surface area contributed by atoms with Gasteiger partial charge < -0.3 is 10.4 Å². The largest absolute Gasteiger partial charge is 0.369 e. The Morgan fingerprint density at radius 3 is 2.76 bits per heavy atom. The Bertz CT molecular complexity index is 1090. The summed E-state index contributed by atoms with van der Waals surface area (Å²) in [5, 5.41) is 22.4. The first-order valence-electron chi connectivity index (χ1n) is 9.78. The summed E-state index contributed by atoms with van der Waals surface area (Å²) in [6.07, 6.45) is -1.30. The van der Waals surface area contributed by atoms with Crippen molar-refractivity contribution < 1.29 is 14.3 Å². The number of rotatable bonds is 3. The molecule has 2 aliphatic heterocycles. The minimum absolute atomic E-state index is 0.189. The molecule has 3 aromatic rings. The molecule has 1 saturated heterocycles. The Hall–Kier alpha value is -2.81. The SMILES string of the molecule is CC(N1CCNCC1)N1C(=O)c2cccc(-c3n[nH]c4cc(F)ccc34)c2C1O. The summed E-state index contributed by atoms with van der Waals surface area (Å²) in [5.74, 6) is -0.538. The van der Waals surface area contributed by atoms with E-state index in [2.05, 4.69) is 20.4 Å². The first kappa shape index (κ1) is 18.2. The van der Waals surface area contributed by atoms with Gasteiger partial charge in [0.05, 0.1) is 11.7 Å². The van der Waals surface area contributed by atoms with Crippen molar-refractivity contribution in [2.24, 2.45) is 0 Å². The summed E-state index contributed by atoms with van der Waals surface area (Å²) < 4.78 is 13.5. The number of aromatic nitrogens is 2. The first-order valence-corrected chi connectivity index (χ1v) is 9.78. The zero-order valence-electron chi connectivity index (χ0n) is 16.0. The van der Waals surface area contributed by atoms with Gasteiger partial charge in [-0.25, -0.2) is 4.39 Å². The molecule has 2 aliphatic rings. The number of halogens is 1. The molecule has 0 saturated carbocycles. The van der Waals surface area contributed by atoms with E-state index in [1.807, 2.05) is 13.0 Å². The molecule has 0 bridgehead atoms. The third-order valence-corrected chi connectivity index (χ3v) is 5.96. The van der Waals surface area contributed by atoms with Crippen molar-refractivity contribution in [3.63, 3.8) is 0 Å². The number of carbonyl (C=O) groups is 1. The Morgan fingerprint density at radius 1 is 1.21 bits per heavy atom. The number of piperazine rings is 1. The summed E-state index contributed by atoms with van der Waals surface area (Å²) in [6, 6.07) is 9.80. The third-order valence-electron chi connectivity index (χ3n) is 5.96. The molecule has 7 nitrogen and oxygen atoms in total. The Balaban J connectivity index is 1.57. The van der Waals surface area contributed by atoms with E-state index in [0.717, 1.165) is 31.6 Å². The van der Waals surface area contributed by atoms with Crippen molar-refractivity contribution in [3.05, 3.63) is 53.3 Å². The number of nitrogens with one attached hydrogen (secondary N) is 2. The molecular weight excluding hydrogens is 373 g/mol. The number of aromatic amines is 1. The molecule has 1 amide bonds. The number of H-pyrrole nitrogens is 1. The van der Waals surface area contributed by atoms with Crippen LogP contribution in [-0.4, -0.2) is 63.4 Å². The fourth-order valence-electron chi connectivity index (χ4n) is 4.43. The molecule has 8 heteroatoms. The van der Waals surface area contributed by atoms with E-state index in [-0.39, 0.29) is 17.9 Å². The summed E-state index contributed by atoms with van der Waals surface area (Å²) >= 11 is 0. The van der Waals surface area contributed by atoms with E-state index >= 15 is 0 Å². The van der Waals surface area contributed by atoms with Crippen LogP contribution in [0.3, 0.4) is 0 Å². The summed E-state index contributed by atoms with van der Waals surface area (Å²) in [7, 11) is 0. The average Bonchev–Trinajstić information content (AvgIpc) is 3.27. The van der Waals surface area contributed by atoms with Crippen molar-refractivity contribution in [1.29, 1.82) is 0 Å². The van der Waals surface area contributed by atoms with Crippen LogP contribution in [0.4, 0.5) is 4.39 Å². The molecule has 2 atom stereocenters. The third kappa shape index (κ3) is 2.83. The molecular formula is C21H22FN5O2. The van der Waals surface area contributed by atoms with Gasteiger partial charge in [-0.2, -0.15) is 5.10 Å². The number of amides is 1. The van der Waals surface area contributed by atoms with Crippen LogP contribution in [0.5, 0.6) is 0 Å². The van der Waals surface area contributed by atoms with Crippen LogP contribution in [0.25, 0.3) is 22.2 Å². The zero-order valence-corrected chi connectivity index (χ0v) is 16.0. The molecule has 150 valence electrons. The predicted octanol–water partition coefficient (Wildman–Crippen LogP) is 2.07. The first-order chi connectivity index (χ1) is 14.1. The molecule has 29 heavy (non-hydrogen) atoms. The summed E-state index contributed by atoms with van der Waals surface area (Å²) in [5.41, 5.74) is 2.88. The smallest absolute Gasteiger partial charge is 0.257 e. The number of fused-ring (bicyclic) bond motifs is 2. The summed E-state index contributed by atoms with van der Waals surface area (Å²) in [6.45, 7) is 5.30. The Labute approximate surface area is 167 Å². The van der Waals surface area contributed by atoms with Crippen LogP contribution in [0.15, 0.2) is 36.4 Å². The normalized spacial score (nSPS) is 21.0. The van der Waals surface area contributed by atoms with Gasteiger partial charge in [-0.3, -0.25) is 19.7 Å². The number of hydrogen-bond donors (Lipinski definition) is 3. The van der Waals surface area contributed by atoms with Gasteiger partial charge in [-0.15, -0.1) is 0 Å². The van der Waals surface area contributed by atoms with Gasteiger partial charge in [-0.1, -0.05) is 12.1 Å². The zero-order chi connectivity index (χ0) is 20.1. The molecule has 5 rings (SSSR count). The standard InChI is InChI=1S/C21H22FN5O2/c1-12(26-9-7-23-8-10-26)27-20(28)16-4-2-3-15(18(16)21(27)29)19-14-6-5-13(22)11-17(14)24-25-19/h2-6,11-12,21,23,29H,7-10H2,1H3,(H,24,25). The Kier molecular flexibility index (Phi) is 4.34. The fraction of sp³-hybridized carbons (Fsp3) is 0.333. The lowest BCUT2D eigenvalue weighted by Gasteiger charge is -2.39. The van der Waals surface area contributed by atoms with Gasteiger partial charge in [0.2, 0.25) is 0 Å². The van der Waals surface area contributed by atoms with E-state index in [1.165, 1.54) is 17.0 Å². The highest BCUT2D eigenvalue weighted by Crippen LogP contribution is 2.41. The highest BCUT2D eigenvalue weighted by atomic mass is 19.1. The molecule has 3 N–H and O–H groups in total. The van der Waals surface area contributed by atoms with Gasteiger partial charge in [0.15, 0.2) is 6.23 Å². The van der Waals surface area contributed by atoms with Crippen molar-refractivity contribution in [3.8, 4) is 11.3 Å². The molecule has 1 fully saturated rings. The molecule has 0 aliphatic carbocycles. The van der Waals surface area contributed by atoms with E-state index in [9.17, 15) is 14.3 Å². The maximum atomic E-state index is 13.5. The van der Waals surface area contributed by atoms with Gasteiger partial charge in [0.1, 0.15) is 11.5 Å². The van der Waals surface area contributed by atoms with Crippen molar-refractivity contribution in [1.82, 2.24) is 25.3 Å². The van der Waals surface area contributed by atoms with Crippen molar-refractivity contribution in [2.75, 3.05) is 26.2 Å². The van der Waals surface area contributed by atoms with Gasteiger partial charge in [0.25, 0.3) is 5.91 Å². The van der Waals surface area contributed by atoms with Crippen molar-refractivity contribution in [2.45, 2.75) is 19.3 Å². The lowest BCUT2D eigenvalue weighted by atomic mass is 9.98. The minimum atomic E-state index is -1.06. The highest BCUT2D eigenvalue weighted by molar-refractivity contribution is 6.03. The van der Waals surface area contributed by atoms with Gasteiger partial charge in [0, 0.05) is 48.3 Å². The van der Waals surface area contributed by atoms with Crippen LogP contribution in [0.1, 0.15) is 29.1 Å². The maximum Gasteiger partial charge on any atom is 0.257 e. The monoisotopic (exact) mass is 395 g/mol. The molecule has 0 radical (unpaired) electrons. The molecule has 2 aromatic carbocycles. The topological polar surface area (TPSA) is 84.5 Å². The number of hydrogen-bond acceptors (Lipinski definition) is 5. The second-order valence-electron chi connectivity index (χ2n) is 7.53. The number of nitrogens with zero attached hydrogens (tertiary/aromatic N) is 3. The molecule has 1 aromatic heterocycles. The van der Waals surface area contributed by atoms with Crippen LogP contribution in [0.2, 0.25) is 0 Å². The second kappa shape index (κ2) is 6.91. The van der Waals surface area contributed by atoms with E-state index in [4.69, 9.17) is 0 Å². The number of aliphatic hydroxyl groups excluding tert-OH is 1. The van der Waals surface area contributed by atoms with Crippen LogP contribution >= 0.6 is 0 Å². The number of carbonyl (C=O) groups excluding carboxylic acids is 1. The molecule has 3 heterocycles. The van der Waals surface area contributed by atoms with Crippen LogP contribution in [-0.2, 0) is 0 Å². The predicted molar refractivity (Wildman–Crippen MR) is 107 cm³/mol. The van der Waals surface area contributed by atoms with E-state index in [0.29, 0.717) is 27.9 Å². The van der Waals surface area contributed by atoms with Crippen LogP contribution < -0.4 is 5.32 Å². The lowest BCUT2D eigenvalue weighted by molar-refractivity contribution is -0.0445. The van der Waals surface area contributed by atoms with Crippen molar-refractivity contribution >= 4 is 16.8 Å². The average molecular weight is 395 g/mol.